The van der Waals surface area contributed by atoms with E-state index in [1.54, 1.807) is 0 Å². The maximum absolute atomic E-state index is 13.5. The molecule has 1 heterocycles. The van der Waals surface area contributed by atoms with E-state index in [1.165, 1.54) is 7.11 Å². The average molecular weight is 415 g/mol. The van der Waals surface area contributed by atoms with Crippen LogP contribution >= 0.6 is 0 Å². The molecule has 1 aliphatic heterocycles. The third kappa shape index (κ3) is 4.09. The largest absolute Gasteiger partial charge is 0.469 e. The molecule has 0 spiro atoms. The summed E-state index contributed by atoms with van der Waals surface area (Å²) in [5.41, 5.74) is 1.36. The van der Waals surface area contributed by atoms with Gasteiger partial charge in [-0.05, 0) is 16.7 Å². The number of esters is 2. The number of cyclic esters (lactones) is 1. The Kier molecular flexibility index (Phi) is 6.14. The highest BCUT2D eigenvalue weighted by molar-refractivity contribution is 5.86. The molecule has 0 aliphatic carbocycles. The topological polar surface area (TPSA) is 64.6 Å². The molecule has 1 fully saturated rings. The van der Waals surface area contributed by atoms with Crippen molar-refractivity contribution in [1.82, 2.24) is 5.32 Å². The van der Waals surface area contributed by atoms with Gasteiger partial charge in [0.05, 0.1) is 19.6 Å². The third-order valence-electron chi connectivity index (χ3n) is 5.86. The Balaban J connectivity index is 1.89. The summed E-state index contributed by atoms with van der Waals surface area (Å²) in [5.74, 6) is -1.31. The fraction of sp³-hybridized carbons (Fsp3) is 0.231. The lowest BCUT2D eigenvalue weighted by Crippen LogP contribution is -2.60. The van der Waals surface area contributed by atoms with Gasteiger partial charge in [-0.25, -0.2) is 4.79 Å². The maximum atomic E-state index is 13.5. The van der Waals surface area contributed by atoms with Crippen molar-refractivity contribution >= 4 is 11.9 Å². The third-order valence-corrected chi connectivity index (χ3v) is 5.86. The fourth-order valence-corrected chi connectivity index (χ4v) is 4.32. The molecule has 0 unspecified atom stereocenters. The van der Waals surface area contributed by atoms with Crippen LogP contribution in [0.3, 0.4) is 0 Å². The van der Waals surface area contributed by atoms with Crippen molar-refractivity contribution < 1.29 is 19.1 Å². The van der Waals surface area contributed by atoms with Crippen molar-refractivity contribution in [2.45, 2.75) is 23.9 Å². The first-order chi connectivity index (χ1) is 15.1. The van der Waals surface area contributed by atoms with E-state index in [9.17, 15) is 9.59 Å². The Morgan fingerprint density at radius 1 is 1.00 bits per heavy atom. The number of ether oxygens (including phenoxy) is 2. The van der Waals surface area contributed by atoms with Gasteiger partial charge in [0.15, 0.2) is 5.54 Å². The summed E-state index contributed by atoms with van der Waals surface area (Å²) in [7, 11) is 1.36. The number of morpholine rings is 1. The van der Waals surface area contributed by atoms with Crippen molar-refractivity contribution in [3.63, 3.8) is 0 Å². The minimum atomic E-state index is -1.25. The highest BCUT2D eigenvalue weighted by atomic mass is 16.5. The van der Waals surface area contributed by atoms with E-state index >= 15 is 0 Å². The number of benzene rings is 3. The normalized spacial score (nSPS) is 21.7. The predicted molar refractivity (Wildman–Crippen MR) is 117 cm³/mol. The Bertz CT molecular complexity index is 1020. The van der Waals surface area contributed by atoms with Crippen LogP contribution in [0.4, 0.5) is 0 Å². The molecule has 31 heavy (non-hydrogen) atoms. The second-order valence-electron chi connectivity index (χ2n) is 7.62. The quantitative estimate of drug-likeness (QED) is 0.614. The average Bonchev–Trinajstić information content (AvgIpc) is 2.84. The molecule has 3 atom stereocenters. The van der Waals surface area contributed by atoms with Crippen LogP contribution in [-0.4, -0.2) is 25.7 Å². The second-order valence-corrected chi connectivity index (χ2v) is 7.62. The van der Waals surface area contributed by atoms with Crippen LogP contribution in [0.1, 0.15) is 35.1 Å². The minimum absolute atomic E-state index is 0.0268. The first kappa shape index (κ1) is 20.8. The number of hydrogen-bond acceptors (Lipinski definition) is 5. The number of methoxy groups -OCH3 is 1. The maximum Gasteiger partial charge on any atom is 0.331 e. The number of hydrogen-bond donors (Lipinski definition) is 1. The van der Waals surface area contributed by atoms with Gasteiger partial charge in [-0.3, -0.25) is 10.1 Å². The van der Waals surface area contributed by atoms with Crippen LogP contribution in [0, 0.1) is 0 Å². The molecule has 0 saturated carbocycles. The molecule has 4 rings (SSSR count). The second kappa shape index (κ2) is 9.14. The van der Waals surface area contributed by atoms with E-state index in [-0.39, 0.29) is 25.0 Å². The van der Waals surface area contributed by atoms with Gasteiger partial charge in [-0.1, -0.05) is 91.0 Å². The van der Waals surface area contributed by atoms with Gasteiger partial charge in [0, 0.05) is 5.92 Å². The summed E-state index contributed by atoms with van der Waals surface area (Å²) in [6.45, 7) is 0.219. The lowest BCUT2D eigenvalue weighted by atomic mass is 9.71. The van der Waals surface area contributed by atoms with E-state index in [1.807, 2.05) is 91.0 Å². The zero-order valence-electron chi connectivity index (χ0n) is 17.4. The lowest BCUT2D eigenvalue weighted by molar-refractivity contribution is -0.162. The molecule has 1 saturated heterocycles. The minimum Gasteiger partial charge on any atom is -0.469 e. The van der Waals surface area contributed by atoms with Crippen molar-refractivity contribution in [3.05, 3.63) is 108 Å². The number of carbonyl (C=O) groups is 2. The molecule has 5 heteroatoms. The Hall–Kier alpha value is -3.44. The molecular weight excluding hydrogens is 390 g/mol. The van der Waals surface area contributed by atoms with Crippen molar-refractivity contribution in [2.75, 3.05) is 13.7 Å². The van der Waals surface area contributed by atoms with Gasteiger partial charge in [0.1, 0.15) is 6.61 Å². The molecular formula is C26H25NO4. The molecule has 158 valence electrons. The summed E-state index contributed by atoms with van der Waals surface area (Å²) < 4.78 is 10.8. The summed E-state index contributed by atoms with van der Waals surface area (Å²) in [6.07, 6.45) is 0.0268. The van der Waals surface area contributed by atoms with Gasteiger partial charge < -0.3 is 9.47 Å². The van der Waals surface area contributed by atoms with E-state index < -0.39 is 17.4 Å². The van der Waals surface area contributed by atoms with E-state index in [0.29, 0.717) is 0 Å². The van der Waals surface area contributed by atoms with Crippen LogP contribution in [-0.2, 0) is 24.6 Å². The summed E-state index contributed by atoms with van der Waals surface area (Å²) in [4.78, 5) is 26.0. The Morgan fingerprint density at radius 3 is 2.19 bits per heavy atom. The molecule has 5 nitrogen and oxygen atoms in total. The zero-order valence-corrected chi connectivity index (χ0v) is 17.4. The lowest BCUT2D eigenvalue weighted by Gasteiger charge is -2.45. The Labute approximate surface area is 182 Å². The van der Waals surface area contributed by atoms with E-state index in [0.717, 1.165) is 16.7 Å². The first-order valence-corrected chi connectivity index (χ1v) is 10.3. The van der Waals surface area contributed by atoms with Gasteiger partial charge in [-0.2, -0.15) is 0 Å². The summed E-state index contributed by atoms with van der Waals surface area (Å²) in [6, 6.07) is 28.7. The smallest absolute Gasteiger partial charge is 0.331 e. The van der Waals surface area contributed by atoms with Crippen LogP contribution in [0.5, 0.6) is 0 Å². The molecule has 1 aliphatic rings. The Morgan fingerprint density at radius 2 is 1.58 bits per heavy atom. The summed E-state index contributed by atoms with van der Waals surface area (Å²) >= 11 is 0. The van der Waals surface area contributed by atoms with Crippen LogP contribution in [0.25, 0.3) is 0 Å². The number of nitrogens with one attached hydrogen (secondary N) is 1. The first-order valence-electron chi connectivity index (χ1n) is 10.3. The molecule has 3 aromatic rings. The fourth-order valence-electron chi connectivity index (χ4n) is 4.32. The van der Waals surface area contributed by atoms with Crippen LogP contribution in [0.2, 0.25) is 0 Å². The zero-order chi connectivity index (χ0) is 21.7. The van der Waals surface area contributed by atoms with E-state index in [2.05, 4.69) is 5.32 Å². The number of carbonyl (C=O) groups excluding carboxylic acids is 2. The van der Waals surface area contributed by atoms with Crippen LogP contribution in [0.15, 0.2) is 91.0 Å². The van der Waals surface area contributed by atoms with Crippen molar-refractivity contribution in [3.8, 4) is 0 Å². The van der Waals surface area contributed by atoms with Crippen molar-refractivity contribution in [2.24, 2.45) is 0 Å². The van der Waals surface area contributed by atoms with Gasteiger partial charge in [0.25, 0.3) is 0 Å². The highest BCUT2D eigenvalue weighted by Crippen LogP contribution is 2.44. The molecule has 0 bridgehead atoms. The number of rotatable bonds is 6. The highest BCUT2D eigenvalue weighted by Gasteiger charge is 2.53. The van der Waals surface area contributed by atoms with Crippen LogP contribution < -0.4 is 5.32 Å². The molecule has 3 aromatic carbocycles. The van der Waals surface area contributed by atoms with Gasteiger partial charge >= 0.3 is 11.9 Å². The molecule has 0 aromatic heterocycles. The van der Waals surface area contributed by atoms with Crippen molar-refractivity contribution in [1.29, 1.82) is 0 Å². The molecule has 1 N–H and O–H groups in total. The van der Waals surface area contributed by atoms with Gasteiger partial charge in [0.2, 0.25) is 0 Å². The summed E-state index contributed by atoms with van der Waals surface area (Å²) in [5, 5.41) is 3.60. The monoisotopic (exact) mass is 415 g/mol. The van der Waals surface area contributed by atoms with E-state index in [4.69, 9.17) is 9.47 Å². The standard InChI is InChI=1S/C26H25NO4/c1-30-24(28)17-22(19-11-5-2-6-12-19)26(21-15-9-4-10-16-21)25(29)31-18-23(27-26)20-13-7-3-8-14-20/h2-16,22-23,27H,17-18H2,1H3/t22-,23+,26+/m1/s1. The molecule has 0 amide bonds. The van der Waals surface area contributed by atoms with Gasteiger partial charge in [-0.15, -0.1) is 0 Å². The SMILES string of the molecule is COC(=O)C[C@H](c1ccccc1)[C@]1(c2ccccc2)N[C@H](c2ccccc2)COC1=O. The predicted octanol–water partition coefficient (Wildman–Crippen LogP) is 4.12. The molecule has 0 radical (unpaired) electrons.